The van der Waals surface area contributed by atoms with Crippen LogP contribution in [0, 0.1) is 0 Å². The van der Waals surface area contributed by atoms with E-state index in [1.165, 1.54) is 10.6 Å². The van der Waals surface area contributed by atoms with E-state index in [9.17, 15) is 18.3 Å². The van der Waals surface area contributed by atoms with Crippen LogP contribution >= 0.6 is 13.5 Å². The second-order valence-electron chi connectivity index (χ2n) is 8.67. The van der Waals surface area contributed by atoms with Gasteiger partial charge in [-0.05, 0) is 25.5 Å². The zero-order valence-corrected chi connectivity index (χ0v) is 21.4. The lowest BCUT2D eigenvalue weighted by Crippen LogP contribution is -2.47. The van der Waals surface area contributed by atoms with E-state index in [0.717, 1.165) is 5.56 Å². The Morgan fingerprint density at radius 1 is 1.23 bits per heavy atom. The van der Waals surface area contributed by atoms with E-state index in [4.69, 9.17) is 9.47 Å². The van der Waals surface area contributed by atoms with Crippen molar-refractivity contribution in [2.45, 2.75) is 25.4 Å². The van der Waals surface area contributed by atoms with Gasteiger partial charge in [0.25, 0.3) is 0 Å². The molecule has 1 aromatic carbocycles. The molecular formula is C23H28N4O6S2. The Bertz CT molecular complexity index is 1320. The molecule has 1 fully saturated rings. The number of carboxylic acid groups (broad SMARTS) is 1. The highest BCUT2D eigenvalue weighted by atomic mass is 32.2. The van der Waals surface area contributed by atoms with Gasteiger partial charge in [0.05, 0.1) is 29.5 Å². The van der Waals surface area contributed by atoms with Gasteiger partial charge < -0.3 is 14.6 Å². The van der Waals surface area contributed by atoms with Crippen molar-refractivity contribution in [1.29, 1.82) is 0 Å². The standard InChI is InChI=1S/C23H26N4O6S.H2S/c1-23(2,22(28)29)16-6-4-15(5-7-16)18-12-19-20(25-9-8-24-19)21(26-18)33-14-17-13-27(10-11-32-17)34(3,30)31;/h4-9,12,17H,10-11,13-14H2,1-3H3,(H,28,29);1H2/t17-;/m0./s1. The van der Waals surface area contributed by atoms with Crippen LogP contribution in [0.25, 0.3) is 22.3 Å². The fraction of sp³-hybridized carbons (Fsp3) is 0.391. The third kappa shape index (κ3) is 5.89. The lowest BCUT2D eigenvalue weighted by Gasteiger charge is -2.30. The molecule has 0 spiro atoms. The molecular weight excluding hydrogens is 492 g/mol. The van der Waals surface area contributed by atoms with Crippen LogP contribution in [0.2, 0.25) is 0 Å². The van der Waals surface area contributed by atoms with E-state index < -0.39 is 27.5 Å². The summed E-state index contributed by atoms with van der Waals surface area (Å²) in [6.45, 7) is 4.19. The summed E-state index contributed by atoms with van der Waals surface area (Å²) in [6.07, 6.45) is 3.84. The minimum atomic E-state index is -3.32. The summed E-state index contributed by atoms with van der Waals surface area (Å²) in [4.78, 5) is 24.9. The van der Waals surface area contributed by atoms with Crippen molar-refractivity contribution < 1.29 is 27.8 Å². The van der Waals surface area contributed by atoms with Crippen molar-refractivity contribution in [2.75, 3.05) is 32.6 Å². The summed E-state index contributed by atoms with van der Waals surface area (Å²) >= 11 is 0. The predicted molar refractivity (Wildman–Crippen MR) is 135 cm³/mol. The second-order valence-corrected chi connectivity index (χ2v) is 10.7. The Kier molecular flexibility index (Phi) is 8.00. The first-order valence-corrected chi connectivity index (χ1v) is 12.6. The summed E-state index contributed by atoms with van der Waals surface area (Å²) in [5.41, 5.74) is 2.07. The van der Waals surface area contributed by atoms with Crippen LogP contribution in [0.1, 0.15) is 19.4 Å². The summed E-state index contributed by atoms with van der Waals surface area (Å²) in [5.74, 6) is -0.648. The maximum atomic E-state index is 11.9. The normalized spacial score (nSPS) is 17.1. The number of aliphatic carboxylic acids is 1. The van der Waals surface area contributed by atoms with Gasteiger partial charge in [-0.25, -0.2) is 18.4 Å². The first kappa shape index (κ1) is 26.8. The molecule has 3 heterocycles. The summed E-state index contributed by atoms with van der Waals surface area (Å²) < 4.78 is 36.7. The van der Waals surface area contributed by atoms with Gasteiger partial charge in [0.15, 0.2) is 5.52 Å². The number of sulfonamides is 1. The van der Waals surface area contributed by atoms with Crippen LogP contribution < -0.4 is 4.74 Å². The number of carboxylic acids is 1. The van der Waals surface area contributed by atoms with Gasteiger partial charge in [-0.2, -0.15) is 17.8 Å². The van der Waals surface area contributed by atoms with Crippen LogP contribution in [0.5, 0.6) is 5.88 Å². The number of nitrogens with zero attached hydrogens (tertiary/aromatic N) is 4. The van der Waals surface area contributed by atoms with Crippen LogP contribution in [0.4, 0.5) is 0 Å². The SMILES string of the molecule is CC(C)(C(=O)O)c1ccc(-c2cc3nccnc3c(OC[C@@H]3CN(S(C)(=O)=O)CCO3)n2)cc1.S. The van der Waals surface area contributed by atoms with Gasteiger partial charge >= 0.3 is 5.97 Å². The Morgan fingerprint density at radius 3 is 2.57 bits per heavy atom. The molecule has 1 aliphatic rings. The number of carbonyl (C=O) groups is 1. The van der Waals surface area contributed by atoms with Crippen LogP contribution in [-0.2, 0) is 25.0 Å². The smallest absolute Gasteiger partial charge is 0.313 e. The average molecular weight is 521 g/mol. The molecule has 1 saturated heterocycles. The minimum absolute atomic E-state index is 0. The third-order valence-corrected chi connectivity index (χ3v) is 7.11. The lowest BCUT2D eigenvalue weighted by molar-refractivity contribution is -0.142. The molecule has 2 aromatic heterocycles. The van der Waals surface area contributed by atoms with Crippen molar-refractivity contribution in [3.05, 3.63) is 48.3 Å². The monoisotopic (exact) mass is 520 g/mol. The molecule has 1 N–H and O–H groups in total. The van der Waals surface area contributed by atoms with Gasteiger partial charge in [-0.3, -0.25) is 9.78 Å². The molecule has 188 valence electrons. The fourth-order valence-electron chi connectivity index (χ4n) is 3.64. The molecule has 0 saturated carbocycles. The Hall–Kier alpha value is -2.80. The molecule has 0 bridgehead atoms. The minimum Gasteiger partial charge on any atom is -0.481 e. The van der Waals surface area contributed by atoms with Gasteiger partial charge in [-0.1, -0.05) is 24.3 Å². The van der Waals surface area contributed by atoms with E-state index in [-0.39, 0.29) is 39.1 Å². The third-order valence-electron chi connectivity index (χ3n) is 5.84. The number of aromatic nitrogens is 3. The Labute approximate surface area is 210 Å². The highest BCUT2D eigenvalue weighted by molar-refractivity contribution is 7.88. The quantitative estimate of drug-likeness (QED) is 0.498. The summed E-state index contributed by atoms with van der Waals surface area (Å²) in [6, 6.07) is 8.94. The van der Waals surface area contributed by atoms with E-state index in [0.29, 0.717) is 28.8 Å². The number of hydrogen-bond acceptors (Lipinski definition) is 8. The molecule has 4 rings (SSSR count). The molecule has 0 radical (unpaired) electrons. The van der Waals surface area contributed by atoms with Gasteiger partial charge in [0.2, 0.25) is 15.9 Å². The number of rotatable bonds is 7. The van der Waals surface area contributed by atoms with Crippen LogP contribution in [0.3, 0.4) is 0 Å². The van der Waals surface area contributed by atoms with Crippen molar-refractivity contribution in [3.8, 4) is 17.1 Å². The number of ether oxygens (including phenoxy) is 2. The summed E-state index contributed by atoms with van der Waals surface area (Å²) in [7, 11) is -3.32. The van der Waals surface area contributed by atoms with Crippen molar-refractivity contribution in [1.82, 2.24) is 19.3 Å². The van der Waals surface area contributed by atoms with Crippen LogP contribution in [0.15, 0.2) is 42.7 Å². The molecule has 1 atom stereocenters. The molecule has 0 unspecified atom stereocenters. The lowest BCUT2D eigenvalue weighted by atomic mass is 9.84. The zero-order valence-electron chi connectivity index (χ0n) is 19.6. The predicted octanol–water partition coefficient (Wildman–Crippen LogP) is 2.21. The number of hydrogen-bond donors (Lipinski definition) is 1. The highest BCUT2D eigenvalue weighted by Gasteiger charge is 2.29. The highest BCUT2D eigenvalue weighted by Crippen LogP contribution is 2.30. The first-order chi connectivity index (χ1) is 16.1. The Balaban J connectivity index is 0.00000342. The molecule has 0 amide bonds. The van der Waals surface area contributed by atoms with Crippen molar-refractivity contribution in [3.63, 3.8) is 0 Å². The van der Waals surface area contributed by atoms with E-state index in [1.54, 1.807) is 44.4 Å². The zero-order chi connectivity index (χ0) is 24.5. The Morgan fingerprint density at radius 2 is 1.91 bits per heavy atom. The molecule has 0 aliphatic carbocycles. The number of fused-ring (bicyclic) bond motifs is 1. The molecule has 3 aromatic rings. The number of pyridine rings is 1. The maximum absolute atomic E-state index is 11.9. The average Bonchev–Trinajstić information content (AvgIpc) is 2.82. The van der Waals surface area contributed by atoms with Gasteiger partial charge in [-0.15, -0.1) is 0 Å². The largest absolute Gasteiger partial charge is 0.481 e. The summed E-state index contributed by atoms with van der Waals surface area (Å²) in [5, 5.41) is 9.47. The van der Waals surface area contributed by atoms with Gasteiger partial charge in [0.1, 0.15) is 12.7 Å². The van der Waals surface area contributed by atoms with E-state index in [1.807, 2.05) is 12.1 Å². The number of benzene rings is 1. The van der Waals surface area contributed by atoms with E-state index >= 15 is 0 Å². The maximum Gasteiger partial charge on any atom is 0.313 e. The first-order valence-electron chi connectivity index (χ1n) is 10.7. The second kappa shape index (κ2) is 10.4. The van der Waals surface area contributed by atoms with Crippen molar-refractivity contribution >= 4 is 40.5 Å². The van der Waals surface area contributed by atoms with Gasteiger partial charge in [0, 0.05) is 31.0 Å². The molecule has 10 nitrogen and oxygen atoms in total. The van der Waals surface area contributed by atoms with Crippen LogP contribution in [-0.4, -0.2) is 77.4 Å². The number of morpholine rings is 1. The topological polar surface area (TPSA) is 132 Å². The molecule has 1 aliphatic heterocycles. The fourth-order valence-corrected chi connectivity index (χ4v) is 4.48. The molecule has 35 heavy (non-hydrogen) atoms. The van der Waals surface area contributed by atoms with E-state index in [2.05, 4.69) is 15.0 Å². The van der Waals surface area contributed by atoms with Crippen molar-refractivity contribution in [2.24, 2.45) is 0 Å². The molecule has 12 heteroatoms.